The molecule has 2 aromatic rings. The maximum Gasteiger partial charge on any atom is 0.126 e. The minimum atomic E-state index is -0.507. The van der Waals surface area contributed by atoms with Gasteiger partial charge in [0.1, 0.15) is 10.8 Å². The van der Waals surface area contributed by atoms with Crippen molar-refractivity contribution in [1.82, 2.24) is 4.98 Å². The fourth-order valence-corrected chi connectivity index (χ4v) is 2.24. The van der Waals surface area contributed by atoms with Crippen molar-refractivity contribution in [2.24, 2.45) is 0 Å². The Morgan fingerprint density at radius 2 is 2.19 bits per heavy atom. The van der Waals surface area contributed by atoms with E-state index in [4.69, 9.17) is 0 Å². The standard InChI is InChI=1S/C12H12FNOS/c1-7-5-9(3-4-10(7)13)12-14-6-11(16-12)8(2)15/h3-6,8,15H,1-2H3. The molecule has 0 radical (unpaired) electrons. The molecule has 16 heavy (non-hydrogen) atoms. The Labute approximate surface area is 97.4 Å². The summed E-state index contributed by atoms with van der Waals surface area (Å²) in [6, 6.07) is 4.90. The van der Waals surface area contributed by atoms with Gasteiger partial charge in [-0.2, -0.15) is 0 Å². The SMILES string of the molecule is Cc1cc(-c2ncc(C(C)O)s2)ccc1F. The number of hydrogen-bond donors (Lipinski definition) is 1. The van der Waals surface area contributed by atoms with Crippen LogP contribution in [-0.2, 0) is 0 Å². The molecule has 0 saturated heterocycles. The molecule has 1 N–H and O–H groups in total. The highest BCUT2D eigenvalue weighted by Gasteiger charge is 2.09. The first-order valence-electron chi connectivity index (χ1n) is 4.98. The number of rotatable bonds is 2. The Kier molecular flexibility index (Phi) is 3.03. The number of benzene rings is 1. The molecular weight excluding hydrogens is 225 g/mol. The second-order valence-electron chi connectivity index (χ2n) is 3.71. The highest BCUT2D eigenvalue weighted by atomic mass is 32.1. The molecule has 0 aliphatic carbocycles. The van der Waals surface area contributed by atoms with Crippen molar-refractivity contribution >= 4 is 11.3 Å². The third-order valence-corrected chi connectivity index (χ3v) is 3.56. The summed E-state index contributed by atoms with van der Waals surface area (Å²) in [7, 11) is 0. The molecule has 2 nitrogen and oxygen atoms in total. The minimum Gasteiger partial charge on any atom is -0.388 e. The summed E-state index contributed by atoms with van der Waals surface area (Å²) in [6.07, 6.45) is 1.15. The lowest BCUT2D eigenvalue weighted by atomic mass is 10.1. The van der Waals surface area contributed by atoms with Crippen LogP contribution in [0.3, 0.4) is 0 Å². The lowest BCUT2D eigenvalue weighted by molar-refractivity contribution is 0.203. The van der Waals surface area contributed by atoms with Crippen molar-refractivity contribution in [2.45, 2.75) is 20.0 Å². The zero-order valence-corrected chi connectivity index (χ0v) is 9.88. The van der Waals surface area contributed by atoms with Crippen molar-refractivity contribution in [2.75, 3.05) is 0 Å². The van der Waals surface area contributed by atoms with Crippen molar-refractivity contribution < 1.29 is 9.50 Å². The van der Waals surface area contributed by atoms with Crippen LogP contribution in [0, 0.1) is 12.7 Å². The molecule has 2 rings (SSSR count). The Morgan fingerprint density at radius 1 is 1.44 bits per heavy atom. The molecular formula is C12H12FNOS. The predicted molar refractivity (Wildman–Crippen MR) is 62.9 cm³/mol. The summed E-state index contributed by atoms with van der Waals surface area (Å²) in [5, 5.41) is 10.2. The molecule has 1 atom stereocenters. The van der Waals surface area contributed by atoms with E-state index in [1.54, 1.807) is 32.2 Å². The summed E-state index contributed by atoms with van der Waals surface area (Å²) >= 11 is 1.43. The zero-order chi connectivity index (χ0) is 11.7. The van der Waals surface area contributed by atoms with Crippen LogP contribution in [0.4, 0.5) is 4.39 Å². The van der Waals surface area contributed by atoms with Crippen LogP contribution < -0.4 is 0 Å². The van der Waals surface area contributed by atoms with Crippen LogP contribution in [-0.4, -0.2) is 10.1 Å². The molecule has 0 fully saturated rings. The number of aromatic nitrogens is 1. The van der Waals surface area contributed by atoms with Gasteiger partial charge < -0.3 is 5.11 Å². The highest BCUT2D eigenvalue weighted by molar-refractivity contribution is 7.15. The molecule has 0 bridgehead atoms. The Hall–Kier alpha value is -1.26. The van der Waals surface area contributed by atoms with E-state index in [9.17, 15) is 9.50 Å². The van der Waals surface area contributed by atoms with Crippen LogP contribution in [0.5, 0.6) is 0 Å². The minimum absolute atomic E-state index is 0.212. The van der Waals surface area contributed by atoms with Crippen molar-refractivity contribution in [1.29, 1.82) is 0 Å². The fraction of sp³-hybridized carbons (Fsp3) is 0.250. The van der Waals surface area contributed by atoms with Crippen LogP contribution >= 0.6 is 11.3 Å². The van der Waals surface area contributed by atoms with Gasteiger partial charge in [0.25, 0.3) is 0 Å². The van der Waals surface area contributed by atoms with Gasteiger partial charge in [-0.05, 0) is 37.6 Å². The summed E-state index contributed by atoms with van der Waals surface area (Å²) < 4.78 is 13.1. The molecule has 0 aliphatic rings. The quantitative estimate of drug-likeness (QED) is 0.869. The van der Waals surface area contributed by atoms with Gasteiger partial charge >= 0.3 is 0 Å². The number of thiazole rings is 1. The van der Waals surface area contributed by atoms with E-state index in [1.165, 1.54) is 17.4 Å². The van der Waals surface area contributed by atoms with Gasteiger partial charge in [0, 0.05) is 11.8 Å². The molecule has 0 aliphatic heterocycles. The first-order valence-corrected chi connectivity index (χ1v) is 5.80. The maximum absolute atomic E-state index is 13.1. The van der Waals surface area contributed by atoms with Gasteiger partial charge in [0.2, 0.25) is 0 Å². The summed E-state index contributed by atoms with van der Waals surface area (Å²) in [6.45, 7) is 3.43. The third kappa shape index (κ3) is 2.13. The molecule has 84 valence electrons. The summed E-state index contributed by atoms with van der Waals surface area (Å²) in [5.41, 5.74) is 1.49. The summed E-state index contributed by atoms with van der Waals surface area (Å²) in [4.78, 5) is 5.03. The van der Waals surface area contributed by atoms with Gasteiger partial charge in [-0.1, -0.05) is 0 Å². The molecule has 0 amide bonds. The van der Waals surface area contributed by atoms with Crippen molar-refractivity contribution in [3.05, 3.63) is 40.7 Å². The maximum atomic E-state index is 13.1. The van der Waals surface area contributed by atoms with E-state index in [-0.39, 0.29) is 5.82 Å². The molecule has 1 aromatic carbocycles. The normalized spacial score (nSPS) is 12.8. The van der Waals surface area contributed by atoms with Gasteiger partial charge in [0.05, 0.1) is 11.0 Å². The average molecular weight is 237 g/mol. The van der Waals surface area contributed by atoms with E-state index in [2.05, 4.69) is 4.98 Å². The Morgan fingerprint density at radius 3 is 2.75 bits per heavy atom. The smallest absolute Gasteiger partial charge is 0.126 e. The molecule has 1 unspecified atom stereocenters. The number of aliphatic hydroxyl groups is 1. The van der Waals surface area contributed by atoms with Crippen LogP contribution in [0.1, 0.15) is 23.5 Å². The molecule has 4 heteroatoms. The fourth-order valence-electron chi connectivity index (χ4n) is 1.39. The van der Waals surface area contributed by atoms with Gasteiger partial charge in [0.15, 0.2) is 0 Å². The summed E-state index contributed by atoms with van der Waals surface area (Å²) in [5.74, 6) is -0.212. The highest BCUT2D eigenvalue weighted by Crippen LogP contribution is 2.29. The number of aliphatic hydroxyl groups excluding tert-OH is 1. The lowest BCUT2D eigenvalue weighted by Gasteiger charge is -2.00. The molecule has 1 aromatic heterocycles. The van der Waals surface area contributed by atoms with E-state index < -0.39 is 6.10 Å². The van der Waals surface area contributed by atoms with Gasteiger partial charge in [-0.15, -0.1) is 11.3 Å². The average Bonchev–Trinajstić information content (AvgIpc) is 2.71. The second-order valence-corrected chi connectivity index (χ2v) is 4.77. The van der Waals surface area contributed by atoms with E-state index in [0.717, 1.165) is 15.4 Å². The third-order valence-electron chi connectivity index (χ3n) is 2.34. The molecule has 0 saturated carbocycles. The zero-order valence-electron chi connectivity index (χ0n) is 9.07. The number of aryl methyl sites for hydroxylation is 1. The van der Waals surface area contributed by atoms with Gasteiger partial charge in [-0.3, -0.25) is 0 Å². The molecule has 0 spiro atoms. The van der Waals surface area contributed by atoms with Crippen LogP contribution in [0.25, 0.3) is 10.6 Å². The topological polar surface area (TPSA) is 33.1 Å². The van der Waals surface area contributed by atoms with Crippen LogP contribution in [0.2, 0.25) is 0 Å². The van der Waals surface area contributed by atoms with Crippen LogP contribution in [0.15, 0.2) is 24.4 Å². The van der Waals surface area contributed by atoms with E-state index >= 15 is 0 Å². The Balaban J connectivity index is 2.39. The largest absolute Gasteiger partial charge is 0.388 e. The van der Waals surface area contributed by atoms with Gasteiger partial charge in [-0.25, -0.2) is 9.37 Å². The van der Waals surface area contributed by atoms with Crippen molar-refractivity contribution in [3.63, 3.8) is 0 Å². The first kappa shape index (κ1) is 11.2. The Bertz CT molecular complexity index is 507. The second kappa shape index (κ2) is 4.31. The number of hydrogen-bond acceptors (Lipinski definition) is 3. The molecule has 1 heterocycles. The number of nitrogens with zero attached hydrogens (tertiary/aromatic N) is 1. The van der Waals surface area contributed by atoms with E-state index in [0.29, 0.717) is 5.56 Å². The lowest BCUT2D eigenvalue weighted by Crippen LogP contribution is -1.83. The predicted octanol–water partition coefficient (Wildman–Crippen LogP) is 3.31. The first-order chi connectivity index (χ1) is 7.58. The van der Waals surface area contributed by atoms with Crippen molar-refractivity contribution in [3.8, 4) is 10.6 Å². The van der Waals surface area contributed by atoms with E-state index in [1.807, 2.05) is 0 Å². The number of halogens is 1. The monoisotopic (exact) mass is 237 g/mol.